The molecule has 1 rings (SSSR count). The number of hydrogen-bond donors (Lipinski definition) is 2. The van der Waals surface area contributed by atoms with Gasteiger partial charge in [-0.15, -0.1) is 0 Å². The highest BCUT2D eigenvalue weighted by molar-refractivity contribution is 5.75. The Morgan fingerprint density at radius 1 is 1.78 bits per heavy atom. The molecule has 0 fully saturated rings. The summed E-state index contributed by atoms with van der Waals surface area (Å²) >= 11 is 0. The number of H-pyrrole nitrogens is 1. The Hall–Kier alpha value is -1.45. The Kier molecular flexibility index (Phi) is 1.40. The maximum atomic E-state index is 10.6. The minimum absolute atomic E-state index is 0.233. The molecule has 4 heteroatoms. The molecule has 1 aromatic heterocycles. The first-order valence-corrected chi connectivity index (χ1v) is 2.38. The van der Waals surface area contributed by atoms with Gasteiger partial charge in [-0.2, -0.15) is 5.10 Å². The maximum Gasteiger partial charge on any atom is 0.208 e. The normalized spacial score (nSPS) is 8.89. The van der Waals surface area contributed by atoms with Gasteiger partial charge in [-0.05, 0) is 0 Å². The molecule has 0 spiro atoms. The van der Waals surface area contributed by atoms with Crippen LogP contribution in [0.25, 0.3) is 0 Å². The summed E-state index contributed by atoms with van der Waals surface area (Å²) in [5.74, 6) is 0. The number of nitrogens with one attached hydrogen (secondary N) is 2. The van der Waals surface area contributed by atoms with Crippen LogP contribution in [0.2, 0.25) is 0 Å². The zero-order valence-corrected chi connectivity index (χ0v) is 4.59. The van der Waals surface area contributed by atoms with Gasteiger partial charge >= 0.3 is 0 Å². The fourth-order valence-electron chi connectivity index (χ4n) is 0.461. The van der Waals surface area contributed by atoms with Crippen LogP contribution in [0.15, 0.2) is 17.2 Å². The zero-order chi connectivity index (χ0) is 6.69. The molecule has 0 aliphatic carbocycles. The van der Waals surface area contributed by atoms with Crippen molar-refractivity contribution in [2.45, 2.75) is 0 Å². The predicted octanol–water partition coefficient (Wildman–Crippen LogP) is -0.232. The Bertz CT molecular complexity index is 265. The summed E-state index contributed by atoms with van der Waals surface area (Å²) in [6.07, 6.45) is 3.51. The third kappa shape index (κ3) is 1.02. The van der Waals surface area contributed by atoms with Crippen LogP contribution in [0.1, 0.15) is 5.56 Å². The third-order valence-corrected chi connectivity index (χ3v) is 0.916. The van der Waals surface area contributed by atoms with E-state index in [0.717, 1.165) is 12.4 Å². The monoisotopic (exact) mass is 123 g/mol. The molecule has 1 aromatic rings. The van der Waals surface area contributed by atoms with Crippen molar-refractivity contribution in [3.63, 3.8) is 0 Å². The SMILES string of the molecule is N=Cc1c[nH]ncc1=O. The first-order chi connectivity index (χ1) is 4.34. The van der Waals surface area contributed by atoms with Gasteiger partial charge in [-0.25, -0.2) is 0 Å². The number of hydrogen-bond acceptors (Lipinski definition) is 3. The van der Waals surface area contributed by atoms with Crippen molar-refractivity contribution in [2.24, 2.45) is 0 Å². The van der Waals surface area contributed by atoms with E-state index < -0.39 is 0 Å². The summed E-state index contributed by atoms with van der Waals surface area (Å²) in [7, 11) is 0. The molecule has 0 amide bonds. The summed E-state index contributed by atoms with van der Waals surface area (Å²) in [5.41, 5.74) is 0.0914. The first-order valence-electron chi connectivity index (χ1n) is 2.38. The summed E-state index contributed by atoms with van der Waals surface area (Å²) in [6.45, 7) is 0. The lowest BCUT2D eigenvalue weighted by atomic mass is 10.3. The van der Waals surface area contributed by atoms with Crippen LogP contribution in [0.3, 0.4) is 0 Å². The van der Waals surface area contributed by atoms with Gasteiger partial charge in [-0.3, -0.25) is 9.89 Å². The van der Waals surface area contributed by atoms with Crippen molar-refractivity contribution in [1.82, 2.24) is 10.2 Å². The van der Waals surface area contributed by atoms with Crippen LogP contribution in [0.5, 0.6) is 0 Å². The lowest BCUT2D eigenvalue weighted by Crippen LogP contribution is -2.07. The second kappa shape index (κ2) is 2.21. The Morgan fingerprint density at radius 2 is 2.56 bits per heavy atom. The summed E-state index contributed by atoms with van der Waals surface area (Å²) in [6, 6.07) is 0. The third-order valence-electron chi connectivity index (χ3n) is 0.916. The van der Waals surface area contributed by atoms with E-state index in [9.17, 15) is 4.79 Å². The smallest absolute Gasteiger partial charge is 0.208 e. The molecule has 9 heavy (non-hydrogen) atoms. The predicted molar refractivity (Wildman–Crippen MR) is 32.7 cm³/mol. The van der Waals surface area contributed by atoms with Gasteiger partial charge in [0.2, 0.25) is 5.43 Å². The lowest BCUT2D eigenvalue weighted by Gasteiger charge is -1.84. The summed E-state index contributed by atoms with van der Waals surface area (Å²) in [4.78, 5) is 10.6. The minimum Gasteiger partial charge on any atom is -0.308 e. The molecule has 0 aliphatic heterocycles. The van der Waals surface area contributed by atoms with Gasteiger partial charge in [0.05, 0.1) is 11.8 Å². The highest BCUT2D eigenvalue weighted by atomic mass is 16.1. The largest absolute Gasteiger partial charge is 0.308 e. The number of rotatable bonds is 1. The maximum absolute atomic E-state index is 10.6. The molecule has 0 saturated carbocycles. The van der Waals surface area contributed by atoms with Gasteiger partial charge in [0, 0.05) is 12.4 Å². The second-order valence-corrected chi connectivity index (χ2v) is 1.50. The highest BCUT2D eigenvalue weighted by Crippen LogP contribution is 1.75. The topological polar surface area (TPSA) is 69.6 Å². The van der Waals surface area contributed by atoms with E-state index in [-0.39, 0.29) is 5.43 Å². The van der Waals surface area contributed by atoms with E-state index in [1.54, 1.807) is 0 Å². The highest BCUT2D eigenvalue weighted by Gasteiger charge is 1.89. The van der Waals surface area contributed by atoms with Crippen LogP contribution in [-0.4, -0.2) is 16.4 Å². The summed E-state index contributed by atoms with van der Waals surface area (Å²) < 4.78 is 0. The molecular formula is C5H5N3O. The molecule has 46 valence electrons. The Labute approximate surface area is 51.1 Å². The van der Waals surface area contributed by atoms with Crippen LogP contribution in [-0.2, 0) is 0 Å². The first kappa shape index (κ1) is 5.68. The van der Waals surface area contributed by atoms with Crippen molar-refractivity contribution >= 4 is 6.21 Å². The van der Waals surface area contributed by atoms with Gasteiger partial charge < -0.3 is 5.41 Å². The molecule has 0 saturated heterocycles. The molecule has 0 unspecified atom stereocenters. The van der Waals surface area contributed by atoms with E-state index in [0.29, 0.717) is 5.56 Å². The quantitative estimate of drug-likeness (QED) is 0.506. The van der Waals surface area contributed by atoms with E-state index in [1.807, 2.05) is 0 Å². The van der Waals surface area contributed by atoms with E-state index in [2.05, 4.69) is 10.2 Å². The number of nitrogens with zero attached hydrogens (tertiary/aromatic N) is 1. The molecule has 2 N–H and O–H groups in total. The van der Waals surface area contributed by atoms with E-state index in [1.165, 1.54) is 6.20 Å². The molecule has 0 bridgehead atoms. The van der Waals surface area contributed by atoms with Crippen molar-refractivity contribution in [3.8, 4) is 0 Å². The zero-order valence-electron chi connectivity index (χ0n) is 4.59. The van der Waals surface area contributed by atoms with Crippen LogP contribution < -0.4 is 5.43 Å². The van der Waals surface area contributed by atoms with Crippen LogP contribution in [0, 0.1) is 5.41 Å². The molecule has 0 aromatic carbocycles. The second-order valence-electron chi connectivity index (χ2n) is 1.50. The molecule has 0 atom stereocenters. The average Bonchev–Trinajstić information content (AvgIpc) is 1.89. The molecule has 4 nitrogen and oxygen atoms in total. The molecule has 0 radical (unpaired) electrons. The van der Waals surface area contributed by atoms with Gasteiger partial charge in [0.1, 0.15) is 0 Å². The number of aromatic nitrogens is 2. The Balaban J connectivity index is 3.32. The van der Waals surface area contributed by atoms with Gasteiger partial charge in [0.25, 0.3) is 0 Å². The fourth-order valence-corrected chi connectivity index (χ4v) is 0.461. The molecular weight excluding hydrogens is 118 g/mol. The van der Waals surface area contributed by atoms with Crippen molar-refractivity contribution < 1.29 is 0 Å². The van der Waals surface area contributed by atoms with Crippen molar-refractivity contribution in [2.75, 3.05) is 0 Å². The van der Waals surface area contributed by atoms with Crippen LogP contribution in [0.4, 0.5) is 0 Å². The average molecular weight is 123 g/mol. The molecule has 0 aliphatic rings. The van der Waals surface area contributed by atoms with E-state index in [4.69, 9.17) is 5.41 Å². The van der Waals surface area contributed by atoms with Gasteiger partial charge in [0.15, 0.2) is 0 Å². The fraction of sp³-hybridized carbons (Fsp3) is 0. The number of aromatic amines is 1. The van der Waals surface area contributed by atoms with Crippen molar-refractivity contribution in [1.29, 1.82) is 5.41 Å². The van der Waals surface area contributed by atoms with Crippen molar-refractivity contribution in [3.05, 3.63) is 28.2 Å². The lowest BCUT2D eigenvalue weighted by molar-refractivity contribution is 1.01. The molecule has 1 heterocycles. The Morgan fingerprint density at radius 3 is 3.00 bits per heavy atom. The van der Waals surface area contributed by atoms with Gasteiger partial charge in [-0.1, -0.05) is 0 Å². The van der Waals surface area contributed by atoms with Crippen LogP contribution >= 0.6 is 0 Å². The standard InChI is InChI=1S/C5H5N3O/c6-1-4-2-7-8-3-5(4)9/h1-3,6H,(H,7,9). The summed E-state index contributed by atoms with van der Waals surface area (Å²) in [5, 5.41) is 12.6. The minimum atomic E-state index is -0.233. The van der Waals surface area contributed by atoms with E-state index >= 15 is 0 Å².